The van der Waals surface area contributed by atoms with E-state index in [9.17, 15) is 9.90 Å². The first-order chi connectivity index (χ1) is 8.22. The second-order valence-electron chi connectivity index (χ2n) is 6.38. The smallest absolute Gasteiger partial charge is 0.410 e. The second-order valence-corrected chi connectivity index (χ2v) is 6.38. The molecule has 1 heterocycles. The standard InChI is InChI=1S/C13H23NO4/c1-9-7-13(9,16)10-8-14(5-6-17-10)11(15)18-12(2,3)4/h9-10,16H,5-8H2,1-4H3/t9-,10-,13?/m1/s1. The fourth-order valence-corrected chi connectivity index (χ4v) is 2.32. The van der Waals surface area contributed by atoms with Gasteiger partial charge in [-0.25, -0.2) is 4.79 Å². The average molecular weight is 257 g/mol. The minimum Gasteiger partial charge on any atom is -0.444 e. The Hall–Kier alpha value is -0.810. The van der Waals surface area contributed by atoms with Gasteiger partial charge in [0.15, 0.2) is 0 Å². The maximum atomic E-state index is 12.0. The summed E-state index contributed by atoms with van der Waals surface area (Å²) in [7, 11) is 0. The van der Waals surface area contributed by atoms with E-state index in [1.54, 1.807) is 4.90 Å². The van der Waals surface area contributed by atoms with Crippen LogP contribution in [0.25, 0.3) is 0 Å². The van der Waals surface area contributed by atoms with Gasteiger partial charge in [0.2, 0.25) is 0 Å². The fraction of sp³-hybridized carbons (Fsp3) is 0.923. The molecule has 1 N–H and O–H groups in total. The second kappa shape index (κ2) is 4.38. The van der Waals surface area contributed by atoms with Crippen molar-refractivity contribution in [1.82, 2.24) is 4.90 Å². The third-order valence-electron chi connectivity index (χ3n) is 3.60. The van der Waals surface area contributed by atoms with Crippen molar-refractivity contribution in [3.8, 4) is 0 Å². The number of hydrogen-bond donors (Lipinski definition) is 1. The van der Waals surface area contributed by atoms with Crippen LogP contribution in [0.15, 0.2) is 0 Å². The van der Waals surface area contributed by atoms with Crippen molar-refractivity contribution >= 4 is 6.09 Å². The van der Waals surface area contributed by atoms with Gasteiger partial charge in [0.1, 0.15) is 11.7 Å². The molecule has 18 heavy (non-hydrogen) atoms. The van der Waals surface area contributed by atoms with E-state index in [4.69, 9.17) is 9.47 Å². The highest BCUT2D eigenvalue weighted by Gasteiger charge is 2.57. The Morgan fingerprint density at radius 1 is 1.50 bits per heavy atom. The molecule has 5 nitrogen and oxygen atoms in total. The normalized spacial score (nSPS) is 36.4. The number of aliphatic hydroxyl groups is 1. The molecule has 0 radical (unpaired) electrons. The Kier molecular flexibility index (Phi) is 3.32. The van der Waals surface area contributed by atoms with Gasteiger partial charge in [-0.2, -0.15) is 0 Å². The predicted octanol–water partition coefficient (Wildman–Crippen LogP) is 1.39. The number of ether oxygens (including phenoxy) is 2. The van der Waals surface area contributed by atoms with Crippen LogP contribution in [0.1, 0.15) is 34.1 Å². The first-order valence-corrected chi connectivity index (χ1v) is 6.54. The molecule has 2 fully saturated rings. The first kappa shape index (κ1) is 13.6. The van der Waals surface area contributed by atoms with E-state index >= 15 is 0 Å². The number of nitrogens with zero attached hydrogens (tertiary/aromatic N) is 1. The molecular weight excluding hydrogens is 234 g/mol. The summed E-state index contributed by atoms with van der Waals surface area (Å²) in [6.07, 6.45) is 0.140. The lowest BCUT2D eigenvalue weighted by molar-refractivity contribution is -0.104. The quantitative estimate of drug-likeness (QED) is 0.771. The summed E-state index contributed by atoms with van der Waals surface area (Å²) >= 11 is 0. The zero-order valence-corrected chi connectivity index (χ0v) is 11.6. The van der Waals surface area contributed by atoms with E-state index in [0.717, 1.165) is 6.42 Å². The van der Waals surface area contributed by atoms with Crippen molar-refractivity contribution in [3.05, 3.63) is 0 Å². The van der Waals surface area contributed by atoms with Crippen molar-refractivity contribution in [2.45, 2.75) is 51.4 Å². The molecule has 2 aliphatic rings. The van der Waals surface area contributed by atoms with Gasteiger partial charge in [0.25, 0.3) is 0 Å². The van der Waals surface area contributed by atoms with Crippen molar-refractivity contribution in [1.29, 1.82) is 0 Å². The van der Waals surface area contributed by atoms with Crippen molar-refractivity contribution < 1.29 is 19.4 Å². The largest absolute Gasteiger partial charge is 0.444 e. The molecule has 0 spiro atoms. The molecule has 0 aromatic rings. The number of carbonyl (C=O) groups excluding carboxylic acids is 1. The van der Waals surface area contributed by atoms with E-state index in [1.807, 2.05) is 27.7 Å². The van der Waals surface area contributed by atoms with Gasteiger partial charge in [-0.3, -0.25) is 0 Å². The van der Waals surface area contributed by atoms with E-state index in [1.165, 1.54) is 0 Å². The molecule has 0 bridgehead atoms. The molecule has 5 heteroatoms. The van der Waals surface area contributed by atoms with Crippen molar-refractivity contribution in [2.24, 2.45) is 5.92 Å². The van der Waals surface area contributed by atoms with Crippen LogP contribution in [0.2, 0.25) is 0 Å². The van der Waals surface area contributed by atoms with Crippen LogP contribution in [-0.2, 0) is 9.47 Å². The van der Waals surface area contributed by atoms with E-state index in [-0.39, 0.29) is 18.1 Å². The number of amides is 1. The Bertz CT molecular complexity index is 338. The summed E-state index contributed by atoms with van der Waals surface area (Å²) < 4.78 is 10.9. The molecular formula is C13H23NO4. The number of rotatable bonds is 1. The van der Waals surface area contributed by atoms with Crippen LogP contribution in [0.3, 0.4) is 0 Å². The Morgan fingerprint density at radius 3 is 2.61 bits per heavy atom. The zero-order valence-electron chi connectivity index (χ0n) is 11.6. The molecule has 1 amide bonds. The third kappa shape index (κ3) is 2.78. The monoisotopic (exact) mass is 257 g/mol. The highest BCUT2D eigenvalue weighted by atomic mass is 16.6. The van der Waals surface area contributed by atoms with Gasteiger partial charge in [0, 0.05) is 6.54 Å². The SMILES string of the molecule is C[C@@H]1CC1(O)[C@H]1CN(C(=O)OC(C)(C)C)CCO1. The van der Waals surface area contributed by atoms with Gasteiger partial charge < -0.3 is 19.5 Å². The van der Waals surface area contributed by atoms with Crippen LogP contribution in [0.4, 0.5) is 4.79 Å². The van der Waals surface area contributed by atoms with Crippen LogP contribution < -0.4 is 0 Å². The van der Waals surface area contributed by atoms with Gasteiger partial charge in [-0.15, -0.1) is 0 Å². The summed E-state index contributed by atoms with van der Waals surface area (Å²) in [5.74, 6) is 0.251. The highest BCUT2D eigenvalue weighted by Crippen LogP contribution is 2.47. The lowest BCUT2D eigenvalue weighted by atomic mass is 10.1. The molecule has 3 atom stereocenters. The fourth-order valence-electron chi connectivity index (χ4n) is 2.32. The van der Waals surface area contributed by atoms with E-state index < -0.39 is 11.2 Å². The van der Waals surface area contributed by atoms with Crippen LogP contribution in [-0.4, -0.2) is 53.1 Å². The topological polar surface area (TPSA) is 59.0 Å². The molecule has 1 aliphatic heterocycles. The third-order valence-corrected chi connectivity index (χ3v) is 3.60. The summed E-state index contributed by atoms with van der Waals surface area (Å²) in [5.41, 5.74) is -1.24. The number of hydrogen-bond acceptors (Lipinski definition) is 4. The lowest BCUT2D eigenvalue weighted by Crippen LogP contribution is -2.52. The predicted molar refractivity (Wildman–Crippen MR) is 66.3 cm³/mol. The average Bonchev–Trinajstić information content (AvgIpc) is 2.86. The molecule has 104 valence electrons. The molecule has 1 saturated carbocycles. The van der Waals surface area contributed by atoms with Crippen LogP contribution >= 0.6 is 0 Å². The zero-order chi connectivity index (χ0) is 13.6. The lowest BCUT2D eigenvalue weighted by Gasteiger charge is -2.36. The highest BCUT2D eigenvalue weighted by molar-refractivity contribution is 5.68. The van der Waals surface area contributed by atoms with Gasteiger partial charge in [0.05, 0.1) is 18.8 Å². The summed E-state index contributed by atoms with van der Waals surface area (Å²) in [6.45, 7) is 8.93. The Balaban J connectivity index is 1.93. The summed E-state index contributed by atoms with van der Waals surface area (Å²) in [4.78, 5) is 13.6. The van der Waals surface area contributed by atoms with E-state index in [2.05, 4.69) is 0 Å². The van der Waals surface area contributed by atoms with Gasteiger partial charge in [-0.1, -0.05) is 6.92 Å². The minimum absolute atomic E-state index is 0.251. The molecule has 1 unspecified atom stereocenters. The minimum atomic E-state index is -0.749. The number of morpholine rings is 1. The maximum Gasteiger partial charge on any atom is 0.410 e. The first-order valence-electron chi connectivity index (χ1n) is 6.54. The molecule has 2 rings (SSSR count). The Labute approximate surface area is 108 Å². The van der Waals surface area contributed by atoms with Gasteiger partial charge in [-0.05, 0) is 33.1 Å². The van der Waals surface area contributed by atoms with Crippen molar-refractivity contribution in [3.63, 3.8) is 0 Å². The molecule has 1 aliphatic carbocycles. The molecule has 0 aromatic heterocycles. The van der Waals surface area contributed by atoms with Crippen LogP contribution in [0, 0.1) is 5.92 Å². The molecule has 0 aromatic carbocycles. The van der Waals surface area contributed by atoms with E-state index in [0.29, 0.717) is 19.7 Å². The number of carbonyl (C=O) groups is 1. The molecule has 1 saturated heterocycles. The Morgan fingerprint density at radius 2 is 2.11 bits per heavy atom. The summed E-state index contributed by atoms with van der Waals surface area (Å²) in [6, 6.07) is 0. The van der Waals surface area contributed by atoms with Gasteiger partial charge >= 0.3 is 6.09 Å². The van der Waals surface area contributed by atoms with Crippen LogP contribution in [0.5, 0.6) is 0 Å². The van der Waals surface area contributed by atoms with Crippen molar-refractivity contribution in [2.75, 3.05) is 19.7 Å². The summed E-state index contributed by atoms with van der Waals surface area (Å²) in [5, 5.41) is 10.3. The maximum absolute atomic E-state index is 12.0.